The monoisotopic (exact) mass is 216 g/mol. The molecule has 0 aromatic carbocycles. The standard InChI is InChI=1S/C6H11F3N2O3/c1-4(6(7,8)9)13-3-2-5(12)14-11-10/h4,11H,2-3,10H2,1H3. The van der Waals surface area contributed by atoms with Crippen LogP contribution in [0.1, 0.15) is 13.3 Å². The van der Waals surface area contributed by atoms with E-state index in [1.165, 1.54) is 0 Å². The third kappa shape index (κ3) is 5.73. The first-order valence-corrected chi connectivity index (χ1v) is 3.71. The summed E-state index contributed by atoms with van der Waals surface area (Å²) < 4.78 is 39.9. The van der Waals surface area contributed by atoms with Gasteiger partial charge in [-0.3, -0.25) is 4.79 Å². The van der Waals surface area contributed by atoms with Gasteiger partial charge in [0.15, 0.2) is 6.10 Å². The first kappa shape index (κ1) is 13.1. The van der Waals surface area contributed by atoms with Gasteiger partial charge in [-0.15, -0.1) is 0 Å². The molecule has 3 N–H and O–H groups in total. The fraction of sp³-hybridized carbons (Fsp3) is 0.833. The number of nitrogens with one attached hydrogen (secondary N) is 1. The average molecular weight is 216 g/mol. The number of rotatable bonds is 5. The molecule has 0 heterocycles. The summed E-state index contributed by atoms with van der Waals surface area (Å²) in [7, 11) is 0. The highest BCUT2D eigenvalue weighted by atomic mass is 19.4. The minimum Gasteiger partial charge on any atom is -0.368 e. The molecule has 1 unspecified atom stereocenters. The Morgan fingerprint density at radius 3 is 2.57 bits per heavy atom. The van der Waals surface area contributed by atoms with E-state index in [9.17, 15) is 18.0 Å². The van der Waals surface area contributed by atoms with Crippen LogP contribution in [0.25, 0.3) is 0 Å². The number of ether oxygens (including phenoxy) is 1. The third-order valence-corrected chi connectivity index (χ3v) is 1.31. The molecule has 8 heteroatoms. The molecular weight excluding hydrogens is 205 g/mol. The summed E-state index contributed by atoms with van der Waals surface area (Å²) in [6.45, 7) is 0.480. The molecule has 0 fully saturated rings. The molecule has 0 amide bonds. The summed E-state index contributed by atoms with van der Waals surface area (Å²) in [6.07, 6.45) is -6.62. The predicted octanol–water partition coefficient (Wildman–Crippen LogP) is 0.265. The van der Waals surface area contributed by atoms with Crippen LogP contribution in [0.3, 0.4) is 0 Å². The summed E-state index contributed by atoms with van der Waals surface area (Å²) in [4.78, 5) is 14.6. The van der Waals surface area contributed by atoms with Crippen molar-refractivity contribution in [1.82, 2.24) is 5.59 Å². The highest BCUT2D eigenvalue weighted by molar-refractivity contribution is 5.69. The number of carbonyl (C=O) groups excluding carboxylic acids is 1. The maximum Gasteiger partial charge on any atom is 0.414 e. The SMILES string of the molecule is CC(OCCC(=O)ONN)C(F)(F)F. The average Bonchev–Trinajstić information content (AvgIpc) is 2.02. The first-order valence-electron chi connectivity index (χ1n) is 3.71. The Morgan fingerprint density at radius 2 is 2.14 bits per heavy atom. The molecule has 0 bridgehead atoms. The zero-order valence-electron chi connectivity index (χ0n) is 7.43. The minimum absolute atomic E-state index is 0.301. The summed E-state index contributed by atoms with van der Waals surface area (Å²) in [5.41, 5.74) is 1.61. The fourth-order valence-electron chi connectivity index (χ4n) is 0.530. The van der Waals surface area contributed by atoms with Gasteiger partial charge in [-0.05, 0) is 6.92 Å². The second-order valence-corrected chi connectivity index (χ2v) is 2.40. The van der Waals surface area contributed by atoms with Crippen molar-refractivity contribution in [1.29, 1.82) is 0 Å². The van der Waals surface area contributed by atoms with Gasteiger partial charge in [0.1, 0.15) is 0 Å². The van der Waals surface area contributed by atoms with E-state index < -0.39 is 18.2 Å². The molecular formula is C6H11F3N2O3. The Kier molecular flexibility index (Phi) is 5.43. The number of hydrazine groups is 1. The molecule has 0 rings (SSSR count). The van der Waals surface area contributed by atoms with Gasteiger partial charge in [0.2, 0.25) is 0 Å². The fourth-order valence-corrected chi connectivity index (χ4v) is 0.530. The van der Waals surface area contributed by atoms with E-state index in [1.807, 2.05) is 0 Å². The zero-order chi connectivity index (χ0) is 11.2. The summed E-state index contributed by atoms with van der Waals surface area (Å²) in [5, 5.41) is 0. The predicted molar refractivity (Wildman–Crippen MR) is 39.5 cm³/mol. The highest BCUT2D eigenvalue weighted by Crippen LogP contribution is 2.22. The smallest absolute Gasteiger partial charge is 0.368 e. The van der Waals surface area contributed by atoms with E-state index in [0.29, 0.717) is 0 Å². The largest absolute Gasteiger partial charge is 0.414 e. The van der Waals surface area contributed by atoms with Gasteiger partial charge in [-0.1, -0.05) is 5.59 Å². The number of halogens is 3. The van der Waals surface area contributed by atoms with Gasteiger partial charge in [-0.2, -0.15) is 13.2 Å². The van der Waals surface area contributed by atoms with E-state index in [1.54, 1.807) is 5.59 Å². The molecule has 0 saturated heterocycles. The maximum atomic E-state index is 11.8. The molecule has 5 nitrogen and oxygen atoms in total. The van der Waals surface area contributed by atoms with Crippen LogP contribution >= 0.6 is 0 Å². The summed E-state index contributed by atoms with van der Waals surface area (Å²) in [5.74, 6) is 3.83. The van der Waals surface area contributed by atoms with Gasteiger partial charge in [0.05, 0.1) is 13.0 Å². The van der Waals surface area contributed by atoms with E-state index in [2.05, 4.69) is 15.4 Å². The number of carbonyl (C=O) groups is 1. The molecule has 0 aromatic rings. The Labute approximate surface area is 78.3 Å². The van der Waals surface area contributed by atoms with Crippen LogP contribution in [0.4, 0.5) is 13.2 Å². The van der Waals surface area contributed by atoms with Crippen molar-refractivity contribution in [3.63, 3.8) is 0 Å². The molecule has 0 radical (unpaired) electrons. The molecule has 0 saturated carbocycles. The van der Waals surface area contributed by atoms with Gasteiger partial charge >= 0.3 is 12.1 Å². The summed E-state index contributed by atoms with van der Waals surface area (Å²) >= 11 is 0. The topological polar surface area (TPSA) is 73.6 Å². The van der Waals surface area contributed by atoms with Crippen molar-refractivity contribution in [3.8, 4) is 0 Å². The van der Waals surface area contributed by atoms with E-state index in [4.69, 9.17) is 0 Å². The lowest BCUT2D eigenvalue weighted by Crippen LogP contribution is -2.30. The maximum absolute atomic E-state index is 11.8. The molecule has 0 spiro atoms. The van der Waals surface area contributed by atoms with Crippen LogP contribution in [0, 0.1) is 0 Å². The van der Waals surface area contributed by atoms with Crippen molar-refractivity contribution in [2.24, 2.45) is 5.84 Å². The quantitative estimate of drug-likeness (QED) is 0.509. The lowest BCUT2D eigenvalue weighted by molar-refractivity contribution is -0.215. The molecule has 0 aliphatic carbocycles. The van der Waals surface area contributed by atoms with E-state index >= 15 is 0 Å². The lowest BCUT2D eigenvalue weighted by Gasteiger charge is -2.15. The number of nitrogens with two attached hydrogens (primary N) is 1. The van der Waals surface area contributed by atoms with Gasteiger partial charge in [0, 0.05) is 0 Å². The molecule has 0 aromatic heterocycles. The number of alkyl halides is 3. The molecule has 84 valence electrons. The first-order chi connectivity index (χ1) is 6.38. The lowest BCUT2D eigenvalue weighted by atomic mass is 10.4. The Hall–Kier alpha value is -0.860. The van der Waals surface area contributed by atoms with Crippen molar-refractivity contribution in [3.05, 3.63) is 0 Å². The van der Waals surface area contributed by atoms with Crippen LogP contribution in [0.2, 0.25) is 0 Å². The van der Waals surface area contributed by atoms with Crippen molar-refractivity contribution in [2.45, 2.75) is 25.6 Å². The molecule has 14 heavy (non-hydrogen) atoms. The zero-order valence-corrected chi connectivity index (χ0v) is 7.43. The van der Waals surface area contributed by atoms with Crippen LogP contribution in [-0.4, -0.2) is 24.9 Å². The van der Waals surface area contributed by atoms with Crippen LogP contribution in [-0.2, 0) is 14.4 Å². The second kappa shape index (κ2) is 5.78. The molecule has 0 aliphatic rings. The van der Waals surface area contributed by atoms with E-state index in [-0.39, 0.29) is 13.0 Å². The Morgan fingerprint density at radius 1 is 1.57 bits per heavy atom. The van der Waals surface area contributed by atoms with Gasteiger partial charge in [-0.25, -0.2) is 5.84 Å². The third-order valence-electron chi connectivity index (χ3n) is 1.31. The number of hydrogen-bond donors (Lipinski definition) is 2. The Balaban J connectivity index is 3.59. The number of hydrogen-bond acceptors (Lipinski definition) is 5. The van der Waals surface area contributed by atoms with Gasteiger partial charge in [0.25, 0.3) is 0 Å². The molecule has 0 aliphatic heterocycles. The minimum atomic E-state index is -4.42. The summed E-state index contributed by atoms with van der Waals surface area (Å²) in [6, 6.07) is 0. The van der Waals surface area contributed by atoms with Crippen LogP contribution < -0.4 is 11.4 Å². The van der Waals surface area contributed by atoms with Crippen LogP contribution in [0.15, 0.2) is 0 Å². The van der Waals surface area contributed by atoms with Crippen molar-refractivity contribution < 1.29 is 27.5 Å². The highest BCUT2D eigenvalue weighted by Gasteiger charge is 2.36. The van der Waals surface area contributed by atoms with Gasteiger partial charge < -0.3 is 9.57 Å². The second-order valence-electron chi connectivity index (χ2n) is 2.40. The van der Waals surface area contributed by atoms with Crippen molar-refractivity contribution in [2.75, 3.05) is 6.61 Å². The van der Waals surface area contributed by atoms with Crippen LogP contribution in [0.5, 0.6) is 0 Å². The molecule has 1 atom stereocenters. The van der Waals surface area contributed by atoms with Crippen molar-refractivity contribution >= 4 is 5.97 Å². The van der Waals surface area contributed by atoms with E-state index in [0.717, 1.165) is 6.92 Å². The Bertz CT molecular complexity index is 186. The normalized spacial score (nSPS) is 13.8.